The normalized spacial score (nSPS) is 11.7. The van der Waals surface area contributed by atoms with E-state index >= 15 is 4.39 Å². The van der Waals surface area contributed by atoms with E-state index in [1.165, 1.54) is 21.3 Å². The van der Waals surface area contributed by atoms with Crippen molar-refractivity contribution in [2.24, 2.45) is 0 Å². The highest BCUT2D eigenvalue weighted by molar-refractivity contribution is 5.78. The second-order valence-electron chi connectivity index (χ2n) is 7.84. The Kier molecular flexibility index (Phi) is 10.7. The zero-order valence-electron chi connectivity index (χ0n) is 21.0. The smallest absolute Gasteiger partial charge is 0.344 e. The summed E-state index contributed by atoms with van der Waals surface area (Å²) in [5.41, 5.74) is 0.837. The number of carbonyl (C=O) groups excluding carboxylic acids is 1. The minimum Gasteiger partial charge on any atom is -0.493 e. The van der Waals surface area contributed by atoms with Gasteiger partial charge in [-0.1, -0.05) is 60.7 Å². The largest absolute Gasteiger partial charge is 0.493 e. The van der Waals surface area contributed by atoms with Gasteiger partial charge in [0.2, 0.25) is 17.6 Å². The Morgan fingerprint density at radius 3 is 1.78 bits per heavy atom. The van der Waals surface area contributed by atoms with E-state index < -0.39 is 29.6 Å². The Balaban J connectivity index is 1.95. The van der Waals surface area contributed by atoms with E-state index in [1.54, 1.807) is 48.5 Å². The molecule has 3 rings (SSSR count). The zero-order chi connectivity index (χ0) is 26.6. The van der Waals surface area contributed by atoms with Crippen molar-refractivity contribution in [3.05, 3.63) is 89.2 Å². The first-order chi connectivity index (χ1) is 18.0. The van der Waals surface area contributed by atoms with Crippen LogP contribution in [0.4, 0.5) is 4.39 Å². The predicted octanol–water partition coefficient (Wildman–Crippen LogP) is 4.69. The van der Waals surface area contributed by atoms with Crippen molar-refractivity contribution in [3.63, 3.8) is 0 Å². The Hall–Kier alpha value is -3.66. The van der Waals surface area contributed by atoms with Gasteiger partial charge in [0.15, 0.2) is 17.7 Å². The SMILES string of the molecule is COCCOc1c(OC)cc(C([O])C(=O)OC(c2ccccc2)c2ccccc2)c(F)c1OCCOC. The maximum Gasteiger partial charge on any atom is 0.344 e. The van der Waals surface area contributed by atoms with Crippen LogP contribution in [0.1, 0.15) is 28.9 Å². The number of ether oxygens (including phenoxy) is 6. The van der Waals surface area contributed by atoms with Crippen molar-refractivity contribution < 1.29 is 42.7 Å². The summed E-state index contributed by atoms with van der Waals surface area (Å²) < 4.78 is 47.7. The monoisotopic (exact) mass is 513 g/mol. The van der Waals surface area contributed by atoms with E-state index in [0.717, 1.165) is 6.07 Å². The third-order valence-corrected chi connectivity index (χ3v) is 5.39. The van der Waals surface area contributed by atoms with E-state index in [2.05, 4.69) is 0 Å². The highest BCUT2D eigenvalue weighted by atomic mass is 19.1. The first kappa shape index (κ1) is 27.9. The summed E-state index contributed by atoms with van der Waals surface area (Å²) in [4.78, 5) is 13.1. The summed E-state index contributed by atoms with van der Waals surface area (Å²) in [6, 6.07) is 19.1. The van der Waals surface area contributed by atoms with Gasteiger partial charge in [-0.25, -0.2) is 14.3 Å². The molecule has 197 valence electrons. The summed E-state index contributed by atoms with van der Waals surface area (Å²) in [7, 11) is 4.29. The van der Waals surface area contributed by atoms with Crippen LogP contribution < -0.4 is 14.2 Å². The zero-order valence-corrected chi connectivity index (χ0v) is 21.0. The average molecular weight is 514 g/mol. The number of esters is 1. The van der Waals surface area contributed by atoms with E-state index in [0.29, 0.717) is 11.1 Å². The number of halogens is 1. The lowest BCUT2D eigenvalue weighted by Gasteiger charge is -2.22. The molecule has 0 saturated heterocycles. The van der Waals surface area contributed by atoms with Crippen molar-refractivity contribution in [3.8, 4) is 17.2 Å². The molecule has 0 fully saturated rings. The molecule has 0 amide bonds. The molecule has 8 nitrogen and oxygen atoms in total. The summed E-state index contributed by atoms with van der Waals surface area (Å²) in [6.45, 7) is 0.423. The number of hydrogen-bond donors (Lipinski definition) is 0. The summed E-state index contributed by atoms with van der Waals surface area (Å²) in [5, 5.41) is 13.3. The van der Waals surface area contributed by atoms with Gasteiger partial charge in [-0.2, -0.15) is 0 Å². The lowest BCUT2D eigenvalue weighted by molar-refractivity contribution is -0.162. The van der Waals surface area contributed by atoms with E-state index in [-0.39, 0.29) is 43.7 Å². The van der Waals surface area contributed by atoms with Crippen LogP contribution in [0.15, 0.2) is 66.7 Å². The fraction of sp³-hybridized carbons (Fsp3) is 0.321. The van der Waals surface area contributed by atoms with E-state index in [1.807, 2.05) is 12.1 Å². The van der Waals surface area contributed by atoms with Gasteiger partial charge in [0.05, 0.1) is 20.3 Å². The minimum atomic E-state index is -2.22. The van der Waals surface area contributed by atoms with Crippen LogP contribution in [0.5, 0.6) is 17.2 Å². The Labute approximate surface area is 215 Å². The second-order valence-corrected chi connectivity index (χ2v) is 7.84. The van der Waals surface area contributed by atoms with Gasteiger partial charge in [-0.15, -0.1) is 0 Å². The molecule has 1 atom stereocenters. The van der Waals surface area contributed by atoms with Crippen LogP contribution in [0.2, 0.25) is 0 Å². The van der Waals surface area contributed by atoms with E-state index in [4.69, 9.17) is 28.4 Å². The highest BCUT2D eigenvalue weighted by Crippen LogP contribution is 2.43. The topological polar surface area (TPSA) is 92.4 Å². The van der Waals surface area contributed by atoms with Crippen LogP contribution in [0.3, 0.4) is 0 Å². The third-order valence-electron chi connectivity index (χ3n) is 5.39. The molecule has 3 aromatic rings. The van der Waals surface area contributed by atoms with Gasteiger partial charge in [0.1, 0.15) is 13.2 Å². The van der Waals surface area contributed by atoms with Crippen molar-refractivity contribution in [1.82, 2.24) is 0 Å². The highest BCUT2D eigenvalue weighted by Gasteiger charge is 2.33. The van der Waals surface area contributed by atoms with Gasteiger partial charge in [0, 0.05) is 19.8 Å². The van der Waals surface area contributed by atoms with Crippen molar-refractivity contribution in [2.75, 3.05) is 47.8 Å². The molecule has 0 spiro atoms. The maximum atomic E-state index is 15.6. The van der Waals surface area contributed by atoms with Gasteiger partial charge in [0.25, 0.3) is 0 Å². The van der Waals surface area contributed by atoms with Gasteiger partial charge >= 0.3 is 5.97 Å². The predicted molar refractivity (Wildman–Crippen MR) is 132 cm³/mol. The summed E-state index contributed by atoms with van der Waals surface area (Å²) >= 11 is 0. The van der Waals surface area contributed by atoms with Gasteiger partial charge in [-0.05, 0) is 17.2 Å². The standard InChI is InChI=1S/C28H30FO8/c1-32-14-16-35-26-22(34-3)18-21(23(29)27(26)36-17-15-33-2)24(30)28(31)37-25(19-10-6-4-7-11-19)20-12-8-5-9-13-20/h4-13,18,24-25H,14-17H2,1-3H3. The molecule has 0 N–H and O–H groups in total. The Bertz CT molecular complexity index is 1080. The molecule has 0 saturated carbocycles. The van der Waals surface area contributed by atoms with Crippen molar-refractivity contribution >= 4 is 5.97 Å². The minimum absolute atomic E-state index is 0.0243. The summed E-state index contributed by atoms with van der Waals surface area (Å²) in [6.07, 6.45) is -3.08. The average Bonchev–Trinajstić information content (AvgIpc) is 2.93. The second kappa shape index (κ2) is 14.2. The van der Waals surface area contributed by atoms with E-state index in [9.17, 15) is 9.90 Å². The van der Waals surface area contributed by atoms with Crippen molar-refractivity contribution in [1.29, 1.82) is 0 Å². The first-order valence-corrected chi connectivity index (χ1v) is 11.6. The number of rotatable bonds is 14. The number of benzene rings is 3. The van der Waals surface area contributed by atoms with Crippen molar-refractivity contribution in [2.45, 2.75) is 12.2 Å². The fourth-order valence-electron chi connectivity index (χ4n) is 3.56. The van der Waals surface area contributed by atoms with Crippen LogP contribution in [0, 0.1) is 5.82 Å². The fourth-order valence-corrected chi connectivity index (χ4v) is 3.56. The Morgan fingerprint density at radius 1 is 0.784 bits per heavy atom. The number of hydrogen-bond acceptors (Lipinski definition) is 7. The molecule has 0 bridgehead atoms. The molecule has 0 aromatic heterocycles. The quantitative estimate of drug-likeness (QED) is 0.228. The lowest BCUT2D eigenvalue weighted by atomic mass is 10.0. The molecule has 3 aromatic carbocycles. The van der Waals surface area contributed by atoms with Crippen LogP contribution in [0.25, 0.3) is 0 Å². The van der Waals surface area contributed by atoms with Crippen LogP contribution >= 0.6 is 0 Å². The van der Waals surface area contributed by atoms with Crippen LogP contribution in [-0.4, -0.2) is 53.7 Å². The summed E-state index contributed by atoms with van der Waals surface area (Å²) in [5.74, 6) is -2.59. The molecular weight excluding hydrogens is 483 g/mol. The molecule has 37 heavy (non-hydrogen) atoms. The third kappa shape index (κ3) is 7.19. The lowest BCUT2D eigenvalue weighted by Crippen LogP contribution is -2.20. The maximum absolute atomic E-state index is 15.6. The molecule has 0 aliphatic rings. The van der Waals surface area contributed by atoms with Gasteiger partial charge < -0.3 is 28.4 Å². The molecule has 1 radical (unpaired) electrons. The molecule has 1 unspecified atom stereocenters. The number of methoxy groups -OCH3 is 3. The molecule has 0 aliphatic heterocycles. The van der Waals surface area contributed by atoms with Gasteiger partial charge in [-0.3, -0.25) is 0 Å². The van der Waals surface area contributed by atoms with Crippen LogP contribution in [-0.2, 0) is 24.1 Å². The molecule has 0 aliphatic carbocycles. The molecule has 0 heterocycles. The molecular formula is C28H30FO8. The molecule has 9 heteroatoms. The number of carbonyl (C=O) groups is 1. The first-order valence-electron chi connectivity index (χ1n) is 11.6. The Morgan fingerprint density at radius 2 is 1.30 bits per heavy atom.